The SMILES string of the molecule is COC[C@]1(O)CCCC[C@H]1n1cnc(C(=O)N2CCN(C(=O)OC(C)(C)C)C[C@H]2C[C@@H](O)c2ccccc2)c1-c1ccccc1. The van der Waals surface area contributed by atoms with E-state index in [1.807, 2.05) is 86.0 Å². The third kappa shape index (κ3) is 7.40. The van der Waals surface area contributed by atoms with E-state index in [1.54, 1.807) is 23.2 Å². The summed E-state index contributed by atoms with van der Waals surface area (Å²) in [5, 5.41) is 23.0. The smallest absolute Gasteiger partial charge is 0.410 e. The van der Waals surface area contributed by atoms with Crippen LogP contribution in [0.15, 0.2) is 67.0 Å². The molecule has 2 N–H and O–H groups in total. The average molecular weight is 619 g/mol. The van der Waals surface area contributed by atoms with Crippen molar-refractivity contribution in [2.45, 2.75) is 82.3 Å². The summed E-state index contributed by atoms with van der Waals surface area (Å²) in [7, 11) is 1.59. The Morgan fingerprint density at radius 2 is 1.73 bits per heavy atom. The number of carbonyl (C=O) groups excluding carboxylic acids is 2. The lowest BCUT2D eigenvalue weighted by atomic mass is 9.80. The standard InChI is InChI=1S/C35H46N4O6/c1-34(2,3)45-33(42)37-19-20-38(27(22-37)21-28(40)25-13-7-5-8-14-25)32(41)30-31(26-15-9-6-10-16-26)39(24-36-30)29-17-11-12-18-35(29,43)23-44-4/h5-10,13-16,24,27-29,40,43H,11-12,17-23H2,1-4H3/t27-,28-,29-,35-/m1/s1. The fraction of sp³-hybridized carbons (Fsp3) is 0.514. The highest BCUT2D eigenvalue weighted by atomic mass is 16.6. The largest absolute Gasteiger partial charge is 0.444 e. The highest BCUT2D eigenvalue weighted by Crippen LogP contribution is 2.41. The summed E-state index contributed by atoms with van der Waals surface area (Å²) in [5.41, 5.74) is 0.708. The molecule has 1 aromatic heterocycles. The maximum Gasteiger partial charge on any atom is 0.410 e. The van der Waals surface area contributed by atoms with Gasteiger partial charge in [-0.25, -0.2) is 9.78 Å². The molecule has 0 radical (unpaired) electrons. The number of carbonyl (C=O) groups is 2. The van der Waals surface area contributed by atoms with E-state index < -0.39 is 29.4 Å². The van der Waals surface area contributed by atoms with Gasteiger partial charge in [0.25, 0.3) is 5.91 Å². The number of rotatable bonds is 8. The topological polar surface area (TPSA) is 117 Å². The Labute approximate surface area is 265 Å². The zero-order valence-corrected chi connectivity index (χ0v) is 26.8. The van der Waals surface area contributed by atoms with Gasteiger partial charge in [-0.2, -0.15) is 0 Å². The van der Waals surface area contributed by atoms with Crippen LogP contribution in [-0.4, -0.2) is 92.2 Å². The van der Waals surface area contributed by atoms with Crippen molar-refractivity contribution in [3.05, 3.63) is 78.2 Å². The first-order chi connectivity index (χ1) is 21.5. The van der Waals surface area contributed by atoms with Crippen molar-refractivity contribution in [1.29, 1.82) is 0 Å². The number of methoxy groups -OCH3 is 1. The van der Waals surface area contributed by atoms with Gasteiger partial charge in [0.1, 0.15) is 11.2 Å². The molecule has 0 spiro atoms. The summed E-state index contributed by atoms with van der Waals surface area (Å²) in [6, 6.07) is 18.1. The van der Waals surface area contributed by atoms with Crippen LogP contribution in [0, 0.1) is 0 Å². The van der Waals surface area contributed by atoms with E-state index in [2.05, 4.69) is 0 Å². The molecule has 45 heavy (non-hydrogen) atoms. The van der Waals surface area contributed by atoms with Crippen LogP contribution >= 0.6 is 0 Å². The minimum absolute atomic E-state index is 0.180. The van der Waals surface area contributed by atoms with Crippen LogP contribution in [0.25, 0.3) is 11.3 Å². The maximum absolute atomic E-state index is 14.6. The number of benzene rings is 2. The zero-order valence-electron chi connectivity index (χ0n) is 26.8. The summed E-state index contributed by atoms with van der Waals surface area (Å²) in [6.07, 6.45) is 3.75. The number of hydrogen-bond donors (Lipinski definition) is 2. The van der Waals surface area contributed by atoms with Gasteiger partial charge in [0, 0.05) is 32.3 Å². The Morgan fingerprint density at radius 3 is 2.40 bits per heavy atom. The van der Waals surface area contributed by atoms with E-state index >= 15 is 0 Å². The molecule has 242 valence electrons. The van der Waals surface area contributed by atoms with Gasteiger partial charge in [-0.3, -0.25) is 4.79 Å². The van der Waals surface area contributed by atoms with Crippen molar-refractivity contribution in [2.75, 3.05) is 33.4 Å². The van der Waals surface area contributed by atoms with Crippen molar-refractivity contribution in [2.24, 2.45) is 0 Å². The van der Waals surface area contributed by atoms with Gasteiger partial charge in [-0.05, 0) is 45.6 Å². The summed E-state index contributed by atoms with van der Waals surface area (Å²) < 4.78 is 13.1. The molecule has 1 saturated heterocycles. The number of aliphatic hydroxyl groups is 2. The normalized spacial score (nSPS) is 23.1. The predicted molar refractivity (Wildman–Crippen MR) is 171 cm³/mol. The highest BCUT2D eigenvalue weighted by Gasteiger charge is 2.43. The van der Waals surface area contributed by atoms with E-state index in [4.69, 9.17) is 14.5 Å². The number of imidazole rings is 1. The number of nitrogens with zero attached hydrogens (tertiary/aromatic N) is 4. The molecule has 5 rings (SSSR count). The molecule has 2 amide bonds. The Bertz CT molecular complexity index is 1440. The van der Waals surface area contributed by atoms with Gasteiger partial charge in [0.2, 0.25) is 0 Å². The molecule has 2 aromatic carbocycles. The van der Waals surface area contributed by atoms with Gasteiger partial charge in [-0.1, -0.05) is 73.5 Å². The van der Waals surface area contributed by atoms with Gasteiger partial charge in [-0.15, -0.1) is 0 Å². The lowest BCUT2D eigenvalue weighted by Gasteiger charge is -2.42. The van der Waals surface area contributed by atoms with E-state index in [-0.39, 0.29) is 50.3 Å². The molecule has 1 aliphatic heterocycles. The fourth-order valence-electron chi connectivity index (χ4n) is 6.68. The predicted octanol–water partition coefficient (Wildman–Crippen LogP) is 5.23. The third-order valence-corrected chi connectivity index (χ3v) is 8.81. The van der Waals surface area contributed by atoms with E-state index in [9.17, 15) is 19.8 Å². The number of piperazine rings is 1. The number of aromatic nitrogens is 2. The van der Waals surface area contributed by atoms with Crippen molar-refractivity contribution in [1.82, 2.24) is 19.4 Å². The van der Waals surface area contributed by atoms with Crippen LogP contribution in [-0.2, 0) is 9.47 Å². The first-order valence-corrected chi connectivity index (χ1v) is 15.9. The molecule has 1 saturated carbocycles. The van der Waals surface area contributed by atoms with Gasteiger partial charge in [0.05, 0.1) is 36.8 Å². The van der Waals surface area contributed by atoms with Crippen molar-refractivity contribution in [3.63, 3.8) is 0 Å². The molecule has 10 nitrogen and oxygen atoms in total. The molecule has 2 fully saturated rings. The van der Waals surface area contributed by atoms with Crippen LogP contribution in [0.2, 0.25) is 0 Å². The van der Waals surface area contributed by atoms with Gasteiger partial charge in [0.15, 0.2) is 5.69 Å². The quantitative estimate of drug-likeness (QED) is 0.355. The summed E-state index contributed by atoms with van der Waals surface area (Å²) in [4.78, 5) is 35.7. The second-order valence-corrected chi connectivity index (χ2v) is 13.3. The monoisotopic (exact) mass is 618 g/mol. The average Bonchev–Trinajstić information content (AvgIpc) is 3.46. The molecule has 1 aliphatic carbocycles. The number of hydrogen-bond acceptors (Lipinski definition) is 7. The summed E-state index contributed by atoms with van der Waals surface area (Å²) in [5.74, 6) is -0.284. The molecule has 2 aliphatic rings. The molecular formula is C35H46N4O6. The summed E-state index contributed by atoms with van der Waals surface area (Å²) in [6.45, 7) is 6.40. The Kier molecular flexibility index (Phi) is 9.96. The number of amides is 2. The summed E-state index contributed by atoms with van der Waals surface area (Å²) >= 11 is 0. The van der Waals surface area contributed by atoms with Crippen LogP contribution in [0.1, 0.15) is 81.1 Å². The molecule has 3 aromatic rings. The third-order valence-electron chi connectivity index (χ3n) is 8.81. The van der Waals surface area contributed by atoms with E-state index in [0.717, 1.165) is 30.4 Å². The minimum Gasteiger partial charge on any atom is -0.444 e. The second-order valence-electron chi connectivity index (χ2n) is 13.3. The fourth-order valence-corrected chi connectivity index (χ4v) is 6.68. The molecule has 2 heterocycles. The minimum atomic E-state index is -1.10. The van der Waals surface area contributed by atoms with Crippen LogP contribution in [0.4, 0.5) is 4.79 Å². The molecule has 0 unspecified atom stereocenters. The van der Waals surface area contributed by atoms with Crippen LogP contribution in [0.5, 0.6) is 0 Å². The first-order valence-electron chi connectivity index (χ1n) is 15.9. The Hall–Kier alpha value is -3.73. The second kappa shape index (κ2) is 13.7. The van der Waals surface area contributed by atoms with Crippen molar-refractivity contribution in [3.8, 4) is 11.3 Å². The van der Waals surface area contributed by atoms with Crippen LogP contribution in [0.3, 0.4) is 0 Å². The number of ether oxygens (including phenoxy) is 2. The Balaban J connectivity index is 1.51. The van der Waals surface area contributed by atoms with Gasteiger partial charge >= 0.3 is 6.09 Å². The van der Waals surface area contributed by atoms with Crippen molar-refractivity contribution >= 4 is 12.0 Å². The molecular weight excluding hydrogens is 572 g/mol. The van der Waals surface area contributed by atoms with Crippen molar-refractivity contribution < 1.29 is 29.3 Å². The number of aliphatic hydroxyl groups excluding tert-OH is 1. The Morgan fingerprint density at radius 1 is 1.04 bits per heavy atom. The lowest BCUT2D eigenvalue weighted by Crippen LogP contribution is -2.57. The van der Waals surface area contributed by atoms with Crippen LogP contribution < -0.4 is 0 Å². The van der Waals surface area contributed by atoms with E-state index in [1.165, 1.54) is 0 Å². The highest BCUT2D eigenvalue weighted by molar-refractivity contribution is 5.98. The molecule has 0 bridgehead atoms. The van der Waals surface area contributed by atoms with Gasteiger partial charge < -0.3 is 34.1 Å². The molecule has 4 atom stereocenters. The zero-order chi connectivity index (χ0) is 32.2. The lowest BCUT2D eigenvalue weighted by molar-refractivity contribution is -0.0893. The first kappa shape index (κ1) is 32.7. The molecule has 10 heteroatoms. The van der Waals surface area contributed by atoms with E-state index in [0.29, 0.717) is 12.1 Å². The maximum atomic E-state index is 14.6.